The Morgan fingerprint density at radius 3 is 2.40 bits per heavy atom. The van der Waals surface area contributed by atoms with Crippen molar-refractivity contribution in [2.75, 3.05) is 19.1 Å². The van der Waals surface area contributed by atoms with Gasteiger partial charge in [0.25, 0.3) is 11.5 Å². The van der Waals surface area contributed by atoms with Crippen molar-refractivity contribution in [1.29, 1.82) is 0 Å². The maximum absolute atomic E-state index is 12.5. The first kappa shape index (κ1) is 11.8. The van der Waals surface area contributed by atoms with Crippen LogP contribution in [0.4, 0.5) is 10.1 Å². The minimum absolute atomic E-state index is 0.559. The first-order valence-corrected chi connectivity index (χ1v) is 4.69. The molecule has 1 amide bonds. The summed E-state index contributed by atoms with van der Waals surface area (Å²) in [4.78, 5) is 12.3. The summed E-state index contributed by atoms with van der Waals surface area (Å²) in [5, 5.41) is 0. The lowest BCUT2D eigenvalue weighted by Crippen LogP contribution is -2.31. The number of hydrogen-bond acceptors (Lipinski definition) is 2. The lowest BCUT2D eigenvalue weighted by molar-refractivity contribution is -0.120. The van der Waals surface area contributed by atoms with Crippen LogP contribution in [-0.2, 0) is 4.79 Å². The topological polar surface area (TPSA) is 29.5 Å². The van der Waals surface area contributed by atoms with Gasteiger partial charge in [-0.1, -0.05) is 11.6 Å². The zero-order valence-corrected chi connectivity index (χ0v) is 9.16. The predicted octanol–water partition coefficient (Wildman–Crippen LogP) is 2.19. The first-order chi connectivity index (χ1) is 7.06. The van der Waals surface area contributed by atoms with E-state index in [0.29, 0.717) is 11.4 Å². The molecular formula is C10H11ClFNO2. The van der Waals surface area contributed by atoms with Crippen LogP contribution >= 0.6 is 11.6 Å². The first-order valence-electron chi connectivity index (χ1n) is 4.26. The minimum atomic E-state index is -2.02. The van der Waals surface area contributed by atoms with Gasteiger partial charge in [-0.3, -0.25) is 4.79 Å². The van der Waals surface area contributed by atoms with E-state index in [-0.39, 0.29) is 0 Å². The Balaban J connectivity index is 2.82. The smallest absolute Gasteiger partial charge is 0.276 e. The lowest BCUT2D eigenvalue weighted by Gasteiger charge is -2.17. The van der Waals surface area contributed by atoms with Crippen LogP contribution in [0.15, 0.2) is 24.3 Å². The second-order valence-electron chi connectivity index (χ2n) is 2.90. The Morgan fingerprint density at radius 2 is 2.00 bits per heavy atom. The molecule has 0 saturated heterocycles. The summed E-state index contributed by atoms with van der Waals surface area (Å²) in [5.41, 5.74) is -1.46. The molecule has 1 aromatic carbocycles. The van der Waals surface area contributed by atoms with Gasteiger partial charge in [-0.25, -0.2) is 4.39 Å². The van der Waals surface area contributed by atoms with Gasteiger partial charge in [-0.05, 0) is 24.3 Å². The summed E-state index contributed by atoms with van der Waals surface area (Å²) in [7, 11) is 3.00. The maximum atomic E-state index is 12.5. The number of anilines is 1. The second-order valence-corrected chi connectivity index (χ2v) is 3.28. The fourth-order valence-corrected chi connectivity index (χ4v) is 1.23. The van der Waals surface area contributed by atoms with Crippen LogP contribution in [0.3, 0.4) is 0 Å². The van der Waals surface area contributed by atoms with Crippen molar-refractivity contribution in [2.24, 2.45) is 0 Å². The molecule has 0 aliphatic carbocycles. The van der Waals surface area contributed by atoms with E-state index in [1.807, 2.05) is 0 Å². The van der Waals surface area contributed by atoms with Crippen LogP contribution < -0.4 is 9.64 Å². The van der Waals surface area contributed by atoms with Gasteiger partial charge < -0.3 is 9.64 Å². The highest BCUT2D eigenvalue weighted by atomic mass is 35.5. The zero-order valence-electron chi connectivity index (χ0n) is 8.41. The molecule has 0 aliphatic heterocycles. The minimum Gasteiger partial charge on any atom is -0.497 e. The number of rotatable bonds is 3. The van der Waals surface area contributed by atoms with Crippen molar-refractivity contribution in [2.45, 2.75) is 5.63 Å². The number of carbonyl (C=O) groups is 1. The van der Waals surface area contributed by atoms with Crippen molar-refractivity contribution >= 4 is 23.2 Å². The third-order valence-electron chi connectivity index (χ3n) is 1.98. The van der Waals surface area contributed by atoms with Gasteiger partial charge in [0.1, 0.15) is 5.75 Å². The molecule has 0 N–H and O–H groups in total. The van der Waals surface area contributed by atoms with Crippen molar-refractivity contribution < 1.29 is 13.9 Å². The molecule has 3 nitrogen and oxygen atoms in total. The molecule has 0 saturated carbocycles. The largest absolute Gasteiger partial charge is 0.497 e. The van der Waals surface area contributed by atoms with Gasteiger partial charge >= 0.3 is 0 Å². The summed E-state index contributed by atoms with van der Waals surface area (Å²) < 4.78 is 17.5. The number of benzene rings is 1. The van der Waals surface area contributed by atoms with E-state index in [0.717, 1.165) is 4.90 Å². The average molecular weight is 232 g/mol. The highest BCUT2D eigenvalue weighted by Gasteiger charge is 2.19. The van der Waals surface area contributed by atoms with Crippen LogP contribution in [-0.4, -0.2) is 25.7 Å². The fraction of sp³-hybridized carbons (Fsp3) is 0.300. The Kier molecular flexibility index (Phi) is 3.91. The quantitative estimate of drug-likeness (QED) is 0.747. The number of hydrogen-bond donors (Lipinski definition) is 0. The Bertz CT molecular complexity index is 340. The van der Waals surface area contributed by atoms with E-state index in [1.165, 1.54) is 7.05 Å². The van der Waals surface area contributed by atoms with Crippen molar-refractivity contribution in [3.63, 3.8) is 0 Å². The number of carbonyl (C=O) groups excluding carboxylic acids is 1. The standard InChI is InChI=1S/C10H11ClFNO2/c1-13(10(14)9(11)12)7-3-5-8(15-2)6-4-7/h3-6,9H,1-2H3. The Morgan fingerprint density at radius 1 is 1.47 bits per heavy atom. The number of alkyl halides is 2. The Hall–Kier alpha value is -1.29. The highest BCUT2D eigenvalue weighted by Crippen LogP contribution is 2.19. The number of amides is 1. The molecular weight excluding hydrogens is 221 g/mol. The molecule has 1 unspecified atom stereocenters. The average Bonchev–Trinajstić information content (AvgIpc) is 2.27. The summed E-state index contributed by atoms with van der Waals surface area (Å²) in [5.74, 6) is -0.121. The monoisotopic (exact) mass is 231 g/mol. The molecule has 0 aromatic heterocycles. The number of nitrogens with zero attached hydrogens (tertiary/aromatic N) is 1. The van der Waals surface area contributed by atoms with Crippen LogP contribution in [0.1, 0.15) is 0 Å². The molecule has 15 heavy (non-hydrogen) atoms. The van der Waals surface area contributed by atoms with E-state index in [4.69, 9.17) is 16.3 Å². The van der Waals surface area contributed by atoms with Gasteiger partial charge in [0.15, 0.2) is 0 Å². The van der Waals surface area contributed by atoms with Gasteiger partial charge in [0, 0.05) is 12.7 Å². The summed E-state index contributed by atoms with van der Waals surface area (Å²) in [6, 6.07) is 6.66. The summed E-state index contributed by atoms with van der Waals surface area (Å²) in [6.45, 7) is 0. The molecule has 1 aromatic rings. The molecule has 0 heterocycles. The van der Waals surface area contributed by atoms with Crippen molar-refractivity contribution in [1.82, 2.24) is 0 Å². The van der Waals surface area contributed by atoms with E-state index >= 15 is 0 Å². The predicted molar refractivity (Wildman–Crippen MR) is 57.2 cm³/mol. The lowest BCUT2D eigenvalue weighted by atomic mass is 10.3. The third-order valence-corrected chi connectivity index (χ3v) is 2.16. The van der Waals surface area contributed by atoms with Crippen LogP contribution in [0.25, 0.3) is 0 Å². The third kappa shape index (κ3) is 2.83. The Labute approximate surface area is 92.4 Å². The van der Waals surface area contributed by atoms with Crippen molar-refractivity contribution in [3.05, 3.63) is 24.3 Å². The van der Waals surface area contributed by atoms with E-state index in [1.54, 1.807) is 31.4 Å². The molecule has 5 heteroatoms. The molecule has 0 aliphatic rings. The second kappa shape index (κ2) is 4.98. The van der Waals surface area contributed by atoms with E-state index in [9.17, 15) is 9.18 Å². The molecule has 0 spiro atoms. The molecule has 1 atom stereocenters. The highest BCUT2D eigenvalue weighted by molar-refractivity contribution is 6.31. The molecule has 0 fully saturated rings. The normalized spacial score (nSPS) is 12.0. The summed E-state index contributed by atoms with van der Waals surface area (Å²) >= 11 is 5.05. The number of ether oxygens (including phenoxy) is 1. The SMILES string of the molecule is COc1ccc(N(C)C(=O)C(F)Cl)cc1. The zero-order chi connectivity index (χ0) is 11.4. The fourth-order valence-electron chi connectivity index (χ4n) is 1.08. The molecule has 1 rings (SSSR count). The maximum Gasteiger partial charge on any atom is 0.276 e. The van der Waals surface area contributed by atoms with Crippen molar-refractivity contribution in [3.8, 4) is 5.75 Å². The van der Waals surface area contributed by atoms with Gasteiger partial charge in [0.05, 0.1) is 7.11 Å². The van der Waals surface area contributed by atoms with E-state index in [2.05, 4.69) is 0 Å². The van der Waals surface area contributed by atoms with Gasteiger partial charge in [0.2, 0.25) is 0 Å². The van der Waals surface area contributed by atoms with Crippen LogP contribution in [0, 0.1) is 0 Å². The van der Waals surface area contributed by atoms with E-state index < -0.39 is 11.5 Å². The van der Waals surface area contributed by atoms with Crippen LogP contribution in [0.2, 0.25) is 0 Å². The molecule has 82 valence electrons. The summed E-state index contributed by atoms with van der Waals surface area (Å²) in [6.07, 6.45) is 0. The molecule has 0 radical (unpaired) electrons. The van der Waals surface area contributed by atoms with Crippen LogP contribution in [0.5, 0.6) is 5.75 Å². The molecule has 0 bridgehead atoms. The number of halogens is 2. The van der Waals surface area contributed by atoms with Gasteiger partial charge in [-0.2, -0.15) is 0 Å². The number of methoxy groups -OCH3 is 1. The van der Waals surface area contributed by atoms with Gasteiger partial charge in [-0.15, -0.1) is 0 Å².